The van der Waals surface area contributed by atoms with Crippen LogP contribution in [0.15, 0.2) is 30.5 Å². The monoisotopic (exact) mass is 218 g/mol. The Hall–Kier alpha value is -2.37. The summed E-state index contributed by atoms with van der Waals surface area (Å²) in [5.74, 6) is 0. The summed E-state index contributed by atoms with van der Waals surface area (Å²) >= 11 is 0. The number of aromatic nitrogens is 2. The molecule has 0 aliphatic heterocycles. The van der Waals surface area contributed by atoms with E-state index in [-0.39, 0.29) is 5.69 Å². The van der Waals surface area contributed by atoms with Crippen LogP contribution < -0.4 is 5.73 Å². The number of nitrogens with zero attached hydrogens (tertiary/aromatic N) is 3. The van der Waals surface area contributed by atoms with Gasteiger partial charge in [0.05, 0.1) is 16.2 Å². The first-order valence-corrected chi connectivity index (χ1v) is 4.62. The number of benzene rings is 1. The topological polar surface area (TPSA) is 87.0 Å². The van der Waals surface area contributed by atoms with Crippen molar-refractivity contribution in [2.75, 3.05) is 5.73 Å². The summed E-state index contributed by atoms with van der Waals surface area (Å²) < 4.78 is 1.53. The summed E-state index contributed by atoms with van der Waals surface area (Å²) in [7, 11) is 1.72. The van der Waals surface area contributed by atoms with Gasteiger partial charge in [0, 0.05) is 19.3 Å². The molecule has 0 unspecified atom stereocenters. The molecule has 82 valence electrons. The molecule has 2 rings (SSSR count). The first-order valence-electron chi connectivity index (χ1n) is 4.62. The lowest BCUT2D eigenvalue weighted by Crippen LogP contribution is -1.94. The predicted molar refractivity (Wildman–Crippen MR) is 59.7 cm³/mol. The van der Waals surface area contributed by atoms with Crippen LogP contribution in [-0.2, 0) is 7.05 Å². The van der Waals surface area contributed by atoms with Crippen LogP contribution in [-0.4, -0.2) is 14.7 Å². The van der Waals surface area contributed by atoms with Gasteiger partial charge in [-0.05, 0) is 6.07 Å². The number of hydrogen-bond donors (Lipinski definition) is 1. The van der Waals surface area contributed by atoms with E-state index in [1.54, 1.807) is 31.4 Å². The first-order chi connectivity index (χ1) is 7.59. The number of nitro groups is 1. The van der Waals surface area contributed by atoms with Crippen LogP contribution in [0.4, 0.5) is 11.4 Å². The summed E-state index contributed by atoms with van der Waals surface area (Å²) in [6.07, 6.45) is 1.62. The van der Waals surface area contributed by atoms with Crippen molar-refractivity contribution < 1.29 is 4.92 Å². The second kappa shape index (κ2) is 3.65. The van der Waals surface area contributed by atoms with Gasteiger partial charge in [-0.25, -0.2) is 0 Å². The van der Waals surface area contributed by atoms with Crippen LogP contribution in [0.25, 0.3) is 11.3 Å². The Morgan fingerprint density at radius 3 is 2.69 bits per heavy atom. The molecule has 0 bridgehead atoms. The minimum atomic E-state index is -0.441. The highest BCUT2D eigenvalue weighted by Crippen LogP contribution is 2.31. The number of para-hydroxylation sites is 1. The lowest BCUT2D eigenvalue weighted by atomic mass is 10.1. The first kappa shape index (κ1) is 10.2. The van der Waals surface area contributed by atoms with E-state index in [1.165, 1.54) is 10.7 Å². The minimum Gasteiger partial charge on any atom is -0.396 e. The molecule has 6 heteroatoms. The van der Waals surface area contributed by atoms with Crippen molar-refractivity contribution in [1.29, 1.82) is 0 Å². The zero-order chi connectivity index (χ0) is 11.7. The number of nitro benzene ring substituents is 1. The number of nitrogen functional groups attached to an aromatic ring is 1. The maximum Gasteiger partial charge on any atom is 0.278 e. The minimum absolute atomic E-state index is 0.00731. The molecule has 0 aliphatic carbocycles. The average molecular weight is 218 g/mol. The number of aryl methyl sites for hydroxylation is 1. The van der Waals surface area contributed by atoms with Gasteiger partial charge in [0.25, 0.3) is 5.69 Å². The molecule has 6 nitrogen and oxygen atoms in total. The summed E-state index contributed by atoms with van der Waals surface area (Å²) in [6.45, 7) is 0. The average Bonchev–Trinajstić information content (AvgIpc) is 2.57. The van der Waals surface area contributed by atoms with E-state index in [9.17, 15) is 10.1 Å². The number of rotatable bonds is 2. The molecule has 0 radical (unpaired) electrons. The second-order valence-corrected chi connectivity index (χ2v) is 3.38. The van der Waals surface area contributed by atoms with Gasteiger partial charge >= 0.3 is 0 Å². The fourth-order valence-electron chi connectivity index (χ4n) is 1.55. The van der Waals surface area contributed by atoms with Gasteiger partial charge in [-0.2, -0.15) is 5.10 Å². The van der Waals surface area contributed by atoms with Gasteiger partial charge in [0.15, 0.2) is 0 Å². The molecule has 0 fully saturated rings. The van der Waals surface area contributed by atoms with Crippen LogP contribution in [0.3, 0.4) is 0 Å². The van der Waals surface area contributed by atoms with E-state index >= 15 is 0 Å². The highest BCUT2D eigenvalue weighted by atomic mass is 16.6. The molecule has 2 aromatic rings. The largest absolute Gasteiger partial charge is 0.396 e. The summed E-state index contributed by atoms with van der Waals surface area (Å²) in [5.41, 5.74) is 7.05. The molecule has 0 amide bonds. The Morgan fingerprint density at radius 1 is 1.44 bits per heavy atom. The van der Waals surface area contributed by atoms with Gasteiger partial charge in [-0.3, -0.25) is 14.8 Å². The van der Waals surface area contributed by atoms with Crippen molar-refractivity contribution in [2.24, 2.45) is 7.05 Å². The van der Waals surface area contributed by atoms with Gasteiger partial charge in [-0.1, -0.05) is 12.1 Å². The third-order valence-electron chi connectivity index (χ3n) is 2.21. The maximum absolute atomic E-state index is 10.8. The number of anilines is 1. The molecule has 0 aliphatic rings. The molecule has 0 saturated carbocycles. The Labute approximate surface area is 91.5 Å². The fourth-order valence-corrected chi connectivity index (χ4v) is 1.55. The predicted octanol–water partition coefficient (Wildman–Crippen LogP) is 1.58. The molecular weight excluding hydrogens is 208 g/mol. The smallest absolute Gasteiger partial charge is 0.278 e. The number of nitrogens with two attached hydrogens (primary N) is 1. The van der Waals surface area contributed by atoms with Crippen molar-refractivity contribution >= 4 is 11.4 Å². The molecule has 0 saturated heterocycles. The van der Waals surface area contributed by atoms with E-state index < -0.39 is 4.92 Å². The number of hydrogen-bond acceptors (Lipinski definition) is 4. The summed E-state index contributed by atoms with van der Waals surface area (Å²) in [5, 5.41) is 15.0. The Bertz CT molecular complexity index is 548. The van der Waals surface area contributed by atoms with Gasteiger partial charge in [0.1, 0.15) is 5.69 Å². The lowest BCUT2D eigenvalue weighted by molar-refractivity contribution is -0.384. The van der Waals surface area contributed by atoms with E-state index in [0.29, 0.717) is 16.9 Å². The third-order valence-corrected chi connectivity index (χ3v) is 2.21. The summed E-state index contributed by atoms with van der Waals surface area (Å²) in [4.78, 5) is 10.4. The van der Waals surface area contributed by atoms with Crippen LogP contribution >= 0.6 is 0 Å². The van der Waals surface area contributed by atoms with Gasteiger partial charge in [-0.15, -0.1) is 0 Å². The van der Waals surface area contributed by atoms with Crippen molar-refractivity contribution in [1.82, 2.24) is 9.78 Å². The SMILES string of the molecule is Cn1cc(N)c(-c2ccccc2[N+](=O)[O-])n1. The van der Waals surface area contributed by atoms with Crippen LogP contribution in [0, 0.1) is 10.1 Å². The van der Waals surface area contributed by atoms with Gasteiger partial charge < -0.3 is 5.73 Å². The highest BCUT2D eigenvalue weighted by Gasteiger charge is 2.18. The molecule has 0 atom stereocenters. The zero-order valence-corrected chi connectivity index (χ0v) is 8.62. The van der Waals surface area contributed by atoms with E-state index in [4.69, 9.17) is 5.73 Å². The molecule has 1 heterocycles. The normalized spacial score (nSPS) is 10.3. The van der Waals surface area contributed by atoms with Crippen molar-refractivity contribution in [3.8, 4) is 11.3 Å². The highest BCUT2D eigenvalue weighted by molar-refractivity contribution is 5.78. The second-order valence-electron chi connectivity index (χ2n) is 3.38. The van der Waals surface area contributed by atoms with E-state index in [0.717, 1.165) is 0 Å². The zero-order valence-electron chi connectivity index (χ0n) is 8.62. The third kappa shape index (κ3) is 1.60. The Kier molecular flexibility index (Phi) is 2.32. The Morgan fingerprint density at radius 2 is 2.12 bits per heavy atom. The standard InChI is InChI=1S/C10H10N4O2/c1-13-6-8(11)10(12-13)7-4-2-3-5-9(7)14(15)16/h2-6H,11H2,1H3. The maximum atomic E-state index is 10.8. The molecule has 0 spiro atoms. The van der Waals surface area contributed by atoms with Crippen molar-refractivity contribution in [3.05, 3.63) is 40.6 Å². The van der Waals surface area contributed by atoms with Crippen molar-refractivity contribution in [3.63, 3.8) is 0 Å². The van der Waals surface area contributed by atoms with Gasteiger partial charge in [0.2, 0.25) is 0 Å². The fraction of sp³-hybridized carbons (Fsp3) is 0.100. The van der Waals surface area contributed by atoms with E-state index in [2.05, 4.69) is 5.10 Å². The van der Waals surface area contributed by atoms with Crippen molar-refractivity contribution in [2.45, 2.75) is 0 Å². The summed E-state index contributed by atoms with van der Waals surface area (Å²) in [6, 6.07) is 6.40. The molecule has 16 heavy (non-hydrogen) atoms. The molecule has 1 aromatic heterocycles. The Balaban J connectivity index is 2.64. The van der Waals surface area contributed by atoms with Crippen LogP contribution in [0.2, 0.25) is 0 Å². The lowest BCUT2D eigenvalue weighted by Gasteiger charge is -1.99. The molecule has 1 aromatic carbocycles. The van der Waals surface area contributed by atoms with E-state index in [1.807, 2.05) is 0 Å². The molecule has 2 N–H and O–H groups in total. The van der Waals surface area contributed by atoms with Crippen LogP contribution in [0.5, 0.6) is 0 Å². The van der Waals surface area contributed by atoms with Crippen LogP contribution in [0.1, 0.15) is 0 Å². The molecular formula is C10H10N4O2. The quantitative estimate of drug-likeness (QED) is 0.612.